The smallest absolute Gasteiger partial charge is 0.240 e. The van der Waals surface area contributed by atoms with E-state index in [9.17, 15) is 8.42 Å². The normalized spacial score (nSPS) is 11.3. The second-order valence-electron chi connectivity index (χ2n) is 6.72. The first kappa shape index (κ1) is 20.7. The van der Waals surface area contributed by atoms with Crippen LogP contribution in [0.2, 0.25) is 0 Å². The molecule has 152 valence electrons. The summed E-state index contributed by atoms with van der Waals surface area (Å²) in [6, 6.07) is 12.5. The van der Waals surface area contributed by atoms with Crippen LogP contribution in [0.4, 0.5) is 17.5 Å². The molecule has 3 aromatic rings. The highest BCUT2D eigenvalue weighted by molar-refractivity contribution is 7.89. The molecule has 0 aliphatic rings. The van der Waals surface area contributed by atoms with E-state index in [0.29, 0.717) is 24.0 Å². The Labute approximate surface area is 170 Å². The minimum atomic E-state index is -3.54. The lowest BCUT2D eigenvalue weighted by Gasteiger charge is -2.10. The van der Waals surface area contributed by atoms with Gasteiger partial charge in [0.25, 0.3) is 0 Å². The Bertz CT molecular complexity index is 1080. The molecule has 1 aromatic carbocycles. The van der Waals surface area contributed by atoms with Crippen LogP contribution in [0.25, 0.3) is 0 Å². The van der Waals surface area contributed by atoms with Crippen LogP contribution < -0.4 is 15.4 Å². The van der Waals surface area contributed by atoms with Gasteiger partial charge in [0.05, 0.1) is 4.90 Å². The number of aromatic nitrogens is 3. The van der Waals surface area contributed by atoms with Crippen molar-refractivity contribution in [3.05, 3.63) is 65.4 Å². The maximum atomic E-state index is 12.4. The number of hydrogen-bond acceptors (Lipinski definition) is 7. The standard InChI is InChI=1S/C20H24N6O2S/c1-14-8-9-21-20(12-14)24-19-7-6-18(25-26-19)22-10-11-23-29(27,28)17-5-4-15(2)16(3)13-17/h4-9,12-13,23H,10-11H2,1-3H3,(H,22,25)(H,21,24,26). The molecule has 0 atom stereocenters. The zero-order valence-corrected chi connectivity index (χ0v) is 17.4. The minimum Gasteiger partial charge on any atom is -0.367 e. The molecule has 0 spiro atoms. The Morgan fingerprint density at radius 3 is 2.28 bits per heavy atom. The van der Waals surface area contributed by atoms with E-state index in [1.54, 1.807) is 36.5 Å². The van der Waals surface area contributed by atoms with Crippen LogP contribution in [0.1, 0.15) is 16.7 Å². The van der Waals surface area contributed by atoms with E-state index in [0.717, 1.165) is 16.7 Å². The van der Waals surface area contributed by atoms with Crippen molar-refractivity contribution in [2.45, 2.75) is 25.7 Å². The molecule has 0 radical (unpaired) electrons. The summed E-state index contributed by atoms with van der Waals surface area (Å²) in [7, 11) is -3.54. The zero-order chi connectivity index (χ0) is 20.9. The van der Waals surface area contributed by atoms with Gasteiger partial charge in [-0.05, 0) is 73.9 Å². The quantitative estimate of drug-likeness (QED) is 0.488. The van der Waals surface area contributed by atoms with Crippen molar-refractivity contribution in [1.82, 2.24) is 19.9 Å². The number of pyridine rings is 1. The van der Waals surface area contributed by atoms with E-state index in [1.165, 1.54) is 0 Å². The molecule has 0 bridgehead atoms. The lowest BCUT2D eigenvalue weighted by molar-refractivity contribution is 0.582. The fraction of sp³-hybridized carbons (Fsp3) is 0.250. The minimum absolute atomic E-state index is 0.226. The zero-order valence-electron chi connectivity index (χ0n) is 16.6. The lowest BCUT2D eigenvalue weighted by Crippen LogP contribution is -2.29. The third kappa shape index (κ3) is 5.72. The van der Waals surface area contributed by atoms with E-state index in [2.05, 4.69) is 30.5 Å². The summed E-state index contributed by atoms with van der Waals surface area (Å²) < 4.78 is 27.3. The first-order valence-electron chi connectivity index (χ1n) is 9.18. The van der Waals surface area contributed by atoms with Crippen LogP contribution in [0.3, 0.4) is 0 Å². The van der Waals surface area contributed by atoms with Crippen molar-refractivity contribution >= 4 is 27.5 Å². The predicted octanol–water partition coefficient (Wildman–Crippen LogP) is 2.93. The fourth-order valence-electron chi connectivity index (χ4n) is 2.57. The van der Waals surface area contributed by atoms with Gasteiger partial charge < -0.3 is 10.6 Å². The highest BCUT2D eigenvalue weighted by Crippen LogP contribution is 2.15. The molecule has 0 aliphatic carbocycles. The number of benzene rings is 1. The summed E-state index contributed by atoms with van der Waals surface area (Å²) in [6.45, 7) is 6.43. The summed E-state index contributed by atoms with van der Waals surface area (Å²) in [4.78, 5) is 4.48. The maximum Gasteiger partial charge on any atom is 0.240 e. The van der Waals surface area contributed by atoms with Gasteiger partial charge in [0, 0.05) is 19.3 Å². The van der Waals surface area contributed by atoms with E-state index in [1.807, 2.05) is 32.9 Å². The summed E-state index contributed by atoms with van der Waals surface area (Å²) in [6.07, 6.45) is 1.72. The van der Waals surface area contributed by atoms with Gasteiger partial charge in [-0.25, -0.2) is 18.1 Å². The van der Waals surface area contributed by atoms with Crippen molar-refractivity contribution in [3.63, 3.8) is 0 Å². The average Bonchev–Trinajstić information content (AvgIpc) is 2.68. The van der Waals surface area contributed by atoms with Gasteiger partial charge >= 0.3 is 0 Å². The third-order valence-corrected chi connectivity index (χ3v) is 5.81. The SMILES string of the molecule is Cc1ccnc(Nc2ccc(NCCNS(=O)(=O)c3ccc(C)c(C)c3)nn2)c1. The number of aryl methyl sites for hydroxylation is 3. The molecule has 0 unspecified atom stereocenters. The van der Waals surface area contributed by atoms with Crippen LogP contribution >= 0.6 is 0 Å². The van der Waals surface area contributed by atoms with Crippen LogP contribution in [0, 0.1) is 20.8 Å². The molecule has 2 heterocycles. The summed E-state index contributed by atoms with van der Waals surface area (Å²) in [5, 5.41) is 14.3. The van der Waals surface area contributed by atoms with Crippen LogP contribution in [-0.4, -0.2) is 36.7 Å². The van der Waals surface area contributed by atoms with Gasteiger partial charge in [-0.2, -0.15) is 0 Å². The number of rotatable bonds is 8. The number of nitrogens with one attached hydrogen (secondary N) is 3. The molecule has 0 saturated heterocycles. The van der Waals surface area contributed by atoms with Crippen molar-refractivity contribution in [2.24, 2.45) is 0 Å². The first-order chi connectivity index (χ1) is 13.8. The Balaban J connectivity index is 1.49. The van der Waals surface area contributed by atoms with E-state index in [4.69, 9.17) is 0 Å². The molecule has 8 nitrogen and oxygen atoms in total. The van der Waals surface area contributed by atoms with Gasteiger partial charge in [0.2, 0.25) is 10.0 Å². The fourth-order valence-corrected chi connectivity index (χ4v) is 3.69. The second-order valence-corrected chi connectivity index (χ2v) is 8.48. The van der Waals surface area contributed by atoms with Crippen molar-refractivity contribution in [1.29, 1.82) is 0 Å². The molecular weight excluding hydrogens is 388 g/mol. The van der Waals surface area contributed by atoms with Crippen molar-refractivity contribution in [2.75, 3.05) is 23.7 Å². The number of sulfonamides is 1. The third-order valence-electron chi connectivity index (χ3n) is 4.35. The molecule has 0 fully saturated rings. The molecule has 0 amide bonds. The maximum absolute atomic E-state index is 12.4. The van der Waals surface area contributed by atoms with Gasteiger partial charge in [0.15, 0.2) is 5.82 Å². The van der Waals surface area contributed by atoms with Crippen molar-refractivity contribution in [3.8, 4) is 0 Å². The Kier molecular flexibility index (Phi) is 6.40. The van der Waals surface area contributed by atoms with Gasteiger partial charge in [0.1, 0.15) is 11.6 Å². The average molecular weight is 413 g/mol. The van der Waals surface area contributed by atoms with Crippen LogP contribution in [0.5, 0.6) is 0 Å². The van der Waals surface area contributed by atoms with Gasteiger partial charge in [-0.15, -0.1) is 10.2 Å². The lowest BCUT2D eigenvalue weighted by atomic mass is 10.1. The summed E-state index contributed by atoms with van der Waals surface area (Å²) in [5.41, 5.74) is 3.09. The van der Waals surface area contributed by atoms with Crippen LogP contribution in [-0.2, 0) is 10.0 Å². The second kappa shape index (κ2) is 8.97. The van der Waals surface area contributed by atoms with E-state index in [-0.39, 0.29) is 11.4 Å². The van der Waals surface area contributed by atoms with Crippen molar-refractivity contribution < 1.29 is 8.42 Å². The molecule has 2 aromatic heterocycles. The Morgan fingerprint density at radius 1 is 0.828 bits per heavy atom. The van der Waals surface area contributed by atoms with E-state index < -0.39 is 10.0 Å². The highest BCUT2D eigenvalue weighted by Gasteiger charge is 2.13. The molecule has 0 saturated carbocycles. The number of nitrogens with zero attached hydrogens (tertiary/aromatic N) is 3. The molecule has 3 rings (SSSR count). The first-order valence-corrected chi connectivity index (χ1v) is 10.7. The van der Waals surface area contributed by atoms with Gasteiger partial charge in [-0.1, -0.05) is 6.07 Å². The van der Waals surface area contributed by atoms with E-state index >= 15 is 0 Å². The Hall–Kier alpha value is -3.04. The molecule has 9 heteroatoms. The number of anilines is 3. The Morgan fingerprint density at radius 2 is 1.59 bits per heavy atom. The molecular formula is C20H24N6O2S. The van der Waals surface area contributed by atoms with Gasteiger partial charge in [-0.3, -0.25) is 0 Å². The predicted molar refractivity (Wildman–Crippen MR) is 114 cm³/mol. The molecule has 0 aliphatic heterocycles. The summed E-state index contributed by atoms with van der Waals surface area (Å²) >= 11 is 0. The highest BCUT2D eigenvalue weighted by atomic mass is 32.2. The molecule has 29 heavy (non-hydrogen) atoms. The van der Waals surface area contributed by atoms with Crippen LogP contribution in [0.15, 0.2) is 53.6 Å². The topological polar surface area (TPSA) is 109 Å². The molecule has 3 N–H and O–H groups in total. The largest absolute Gasteiger partial charge is 0.367 e. The monoisotopic (exact) mass is 412 g/mol. The summed E-state index contributed by atoms with van der Waals surface area (Å²) in [5.74, 6) is 1.82. The number of hydrogen-bond donors (Lipinski definition) is 3.